The van der Waals surface area contributed by atoms with Crippen molar-refractivity contribution in [3.05, 3.63) is 0 Å². The maximum absolute atomic E-state index is 12.6. The monoisotopic (exact) mass is 209 g/mol. The highest BCUT2D eigenvalue weighted by atomic mass is 19.3. The topological polar surface area (TPSA) is 58.4 Å². The Labute approximate surface area is 82.4 Å². The fourth-order valence-electron chi connectivity index (χ4n) is 0.853. The molecule has 0 unspecified atom stereocenters. The van der Waals surface area contributed by atoms with Crippen molar-refractivity contribution in [1.82, 2.24) is 10.2 Å². The Morgan fingerprint density at radius 2 is 2.07 bits per heavy atom. The van der Waals surface area contributed by atoms with Gasteiger partial charge in [-0.05, 0) is 33.6 Å². The van der Waals surface area contributed by atoms with Crippen LogP contribution in [0.4, 0.5) is 8.78 Å². The van der Waals surface area contributed by atoms with Crippen molar-refractivity contribution in [2.75, 3.05) is 33.7 Å². The lowest BCUT2D eigenvalue weighted by Crippen LogP contribution is -2.44. The number of halogens is 2. The lowest BCUT2D eigenvalue weighted by Gasteiger charge is -2.14. The molecule has 84 valence electrons. The largest absolute Gasteiger partial charge is 0.364 e. The summed E-state index contributed by atoms with van der Waals surface area (Å²) in [5.41, 5.74) is 4.50. The molecule has 4 nitrogen and oxygen atoms in total. The second-order valence-corrected chi connectivity index (χ2v) is 3.40. The van der Waals surface area contributed by atoms with Crippen molar-refractivity contribution >= 4 is 5.91 Å². The lowest BCUT2D eigenvalue weighted by atomic mass is 10.3. The zero-order valence-electron chi connectivity index (χ0n) is 8.52. The van der Waals surface area contributed by atoms with Crippen LogP contribution in [0.15, 0.2) is 0 Å². The van der Waals surface area contributed by atoms with Crippen LogP contribution in [0.1, 0.15) is 6.42 Å². The molecule has 0 aliphatic rings. The van der Waals surface area contributed by atoms with Gasteiger partial charge in [0.05, 0.1) is 6.54 Å². The number of carbonyl (C=O) groups excluding carboxylic acids is 1. The quantitative estimate of drug-likeness (QED) is 0.563. The fourth-order valence-corrected chi connectivity index (χ4v) is 0.853. The number of primary amides is 1. The lowest BCUT2D eigenvalue weighted by molar-refractivity contribution is -0.141. The van der Waals surface area contributed by atoms with Crippen molar-refractivity contribution in [2.24, 2.45) is 5.73 Å². The van der Waals surface area contributed by atoms with Gasteiger partial charge in [-0.3, -0.25) is 4.79 Å². The number of alkyl halides is 2. The minimum atomic E-state index is -3.45. The fraction of sp³-hybridized carbons (Fsp3) is 0.875. The molecule has 0 heterocycles. The molecule has 0 aromatic rings. The Bertz CT molecular complexity index is 185. The summed E-state index contributed by atoms with van der Waals surface area (Å²) in [7, 11) is 3.80. The van der Waals surface area contributed by atoms with E-state index in [2.05, 4.69) is 11.1 Å². The third-order valence-corrected chi connectivity index (χ3v) is 1.67. The van der Waals surface area contributed by atoms with Gasteiger partial charge < -0.3 is 16.0 Å². The molecule has 0 bridgehead atoms. The van der Waals surface area contributed by atoms with Crippen LogP contribution in [0.3, 0.4) is 0 Å². The van der Waals surface area contributed by atoms with Crippen molar-refractivity contribution in [1.29, 1.82) is 0 Å². The van der Waals surface area contributed by atoms with Gasteiger partial charge >= 0.3 is 5.92 Å². The molecule has 0 rings (SSSR count). The van der Waals surface area contributed by atoms with Gasteiger partial charge in [-0.15, -0.1) is 0 Å². The normalized spacial score (nSPS) is 12.1. The number of nitrogens with one attached hydrogen (secondary N) is 1. The van der Waals surface area contributed by atoms with Crippen LogP contribution < -0.4 is 11.1 Å². The van der Waals surface area contributed by atoms with Gasteiger partial charge in [0.15, 0.2) is 0 Å². The standard InChI is InChI=1S/C8H17F2N3O/c1-13(2)5-3-4-12-6-8(9,10)7(11)14/h12H,3-6H2,1-2H3,(H2,11,14). The molecule has 0 aromatic heterocycles. The summed E-state index contributed by atoms with van der Waals surface area (Å²) in [6, 6.07) is 0. The first-order valence-corrected chi connectivity index (χ1v) is 4.39. The average Bonchev–Trinajstić information content (AvgIpc) is 2.02. The first kappa shape index (κ1) is 13.2. The molecular formula is C8H17F2N3O. The van der Waals surface area contributed by atoms with Gasteiger partial charge in [0.2, 0.25) is 0 Å². The Hall–Kier alpha value is -0.750. The Kier molecular flexibility index (Phi) is 5.56. The molecule has 0 aromatic carbocycles. The molecule has 0 saturated heterocycles. The Morgan fingerprint density at radius 1 is 1.50 bits per heavy atom. The highest BCUT2D eigenvalue weighted by Gasteiger charge is 2.35. The zero-order valence-corrected chi connectivity index (χ0v) is 8.52. The second kappa shape index (κ2) is 5.87. The van der Waals surface area contributed by atoms with E-state index in [-0.39, 0.29) is 0 Å². The average molecular weight is 209 g/mol. The Balaban J connectivity index is 3.49. The molecule has 0 aliphatic carbocycles. The predicted octanol–water partition coefficient (Wildman–Crippen LogP) is -0.352. The van der Waals surface area contributed by atoms with Crippen LogP contribution in [-0.2, 0) is 4.79 Å². The maximum atomic E-state index is 12.6. The van der Waals surface area contributed by atoms with Gasteiger partial charge in [0.25, 0.3) is 5.91 Å². The second-order valence-electron chi connectivity index (χ2n) is 3.40. The van der Waals surface area contributed by atoms with Crippen molar-refractivity contribution in [3.8, 4) is 0 Å². The molecule has 0 saturated carbocycles. The van der Waals surface area contributed by atoms with Crippen LogP contribution in [0, 0.1) is 0 Å². The van der Waals surface area contributed by atoms with E-state index in [4.69, 9.17) is 0 Å². The molecule has 0 spiro atoms. The van der Waals surface area contributed by atoms with Gasteiger partial charge in [-0.1, -0.05) is 0 Å². The van der Waals surface area contributed by atoms with E-state index in [1.807, 2.05) is 19.0 Å². The first-order chi connectivity index (χ1) is 6.36. The number of hydrogen-bond acceptors (Lipinski definition) is 3. The van der Waals surface area contributed by atoms with Crippen molar-refractivity contribution in [3.63, 3.8) is 0 Å². The smallest absolute Gasteiger partial charge is 0.336 e. The van der Waals surface area contributed by atoms with E-state index in [1.165, 1.54) is 0 Å². The number of nitrogens with two attached hydrogens (primary N) is 1. The molecule has 0 fully saturated rings. The van der Waals surface area contributed by atoms with Crippen molar-refractivity contribution in [2.45, 2.75) is 12.3 Å². The summed E-state index contributed by atoms with van der Waals surface area (Å²) in [4.78, 5) is 12.2. The summed E-state index contributed by atoms with van der Waals surface area (Å²) in [5, 5.41) is 2.48. The molecule has 0 atom stereocenters. The van der Waals surface area contributed by atoms with Crippen molar-refractivity contribution < 1.29 is 13.6 Å². The van der Waals surface area contributed by atoms with Crippen LogP contribution >= 0.6 is 0 Å². The highest BCUT2D eigenvalue weighted by molar-refractivity contribution is 5.81. The number of hydrogen-bond donors (Lipinski definition) is 2. The number of amides is 1. The highest BCUT2D eigenvalue weighted by Crippen LogP contribution is 2.09. The molecule has 0 radical (unpaired) electrons. The van der Waals surface area contributed by atoms with Gasteiger partial charge in [0.1, 0.15) is 0 Å². The Morgan fingerprint density at radius 3 is 2.50 bits per heavy atom. The van der Waals surface area contributed by atoms with Gasteiger partial charge in [0, 0.05) is 0 Å². The van der Waals surface area contributed by atoms with E-state index < -0.39 is 18.4 Å². The number of nitrogens with zero attached hydrogens (tertiary/aromatic N) is 1. The molecule has 1 amide bonds. The van der Waals surface area contributed by atoms with Gasteiger partial charge in [-0.25, -0.2) is 0 Å². The summed E-state index contributed by atoms with van der Waals surface area (Å²) >= 11 is 0. The number of rotatable bonds is 7. The molecular weight excluding hydrogens is 192 g/mol. The first-order valence-electron chi connectivity index (χ1n) is 4.39. The molecule has 6 heteroatoms. The summed E-state index contributed by atoms with van der Waals surface area (Å²) in [5.74, 6) is -5.03. The van der Waals surface area contributed by atoms with Gasteiger partial charge in [-0.2, -0.15) is 8.78 Å². The van der Waals surface area contributed by atoms with Crippen LogP contribution in [0.2, 0.25) is 0 Å². The molecule has 3 N–H and O–H groups in total. The van der Waals surface area contributed by atoms with Crippen LogP contribution in [0.25, 0.3) is 0 Å². The zero-order chi connectivity index (χ0) is 11.2. The molecule has 0 aliphatic heterocycles. The summed E-state index contributed by atoms with van der Waals surface area (Å²) < 4.78 is 25.2. The van der Waals surface area contributed by atoms with E-state index in [9.17, 15) is 13.6 Å². The van der Waals surface area contributed by atoms with E-state index in [0.717, 1.165) is 13.0 Å². The molecule has 14 heavy (non-hydrogen) atoms. The summed E-state index contributed by atoms with van der Waals surface area (Å²) in [6.45, 7) is 0.575. The third-order valence-electron chi connectivity index (χ3n) is 1.67. The minimum Gasteiger partial charge on any atom is -0.364 e. The minimum absolute atomic E-state index is 0.445. The third kappa shape index (κ3) is 5.82. The van der Waals surface area contributed by atoms with E-state index in [0.29, 0.717) is 6.54 Å². The summed E-state index contributed by atoms with van der Waals surface area (Å²) in [6.07, 6.45) is 0.752. The SMILES string of the molecule is CN(C)CCCNCC(F)(F)C(N)=O. The number of carbonyl (C=O) groups is 1. The predicted molar refractivity (Wildman–Crippen MR) is 50.2 cm³/mol. The van der Waals surface area contributed by atoms with Crippen LogP contribution in [-0.4, -0.2) is 50.5 Å². The van der Waals surface area contributed by atoms with E-state index >= 15 is 0 Å². The van der Waals surface area contributed by atoms with Crippen LogP contribution in [0.5, 0.6) is 0 Å². The maximum Gasteiger partial charge on any atom is 0.336 e. The van der Waals surface area contributed by atoms with E-state index in [1.54, 1.807) is 0 Å².